The minimum Gasteiger partial charge on any atom is -0.495 e. The number of hydrogen-bond donors (Lipinski definition) is 2. The predicted octanol–water partition coefficient (Wildman–Crippen LogP) is 3.39. The molecule has 0 fully saturated rings. The first-order chi connectivity index (χ1) is 7.74. The van der Waals surface area contributed by atoms with Gasteiger partial charge in [-0.3, -0.25) is 0 Å². The van der Waals surface area contributed by atoms with E-state index in [0.717, 1.165) is 28.8 Å². The van der Waals surface area contributed by atoms with Crippen LogP contribution in [0.3, 0.4) is 0 Å². The lowest BCUT2D eigenvalue weighted by molar-refractivity contribution is 0.420. The molecular formula is C13H18N2O. The lowest BCUT2D eigenvalue weighted by Gasteiger charge is -2.12. The number of hydrogen-bond acceptors (Lipinski definition) is 2. The molecule has 0 spiro atoms. The third kappa shape index (κ3) is 1.98. The lowest BCUT2D eigenvalue weighted by atomic mass is 10.2. The number of H-pyrrole nitrogens is 1. The Morgan fingerprint density at radius 3 is 2.94 bits per heavy atom. The average Bonchev–Trinajstić information content (AvgIpc) is 2.71. The van der Waals surface area contributed by atoms with E-state index in [4.69, 9.17) is 4.74 Å². The SMILES string of the molecule is CCC(C)Nc1ccc2[nH]cc(OC)c2c1. The summed E-state index contributed by atoms with van der Waals surface area (Å²) >= 11 is 0. The molecule has 0 amide bonds. The molecule has 86 valence electrons. The van der Waals surface area contributed by atoms with Gasteiger partial charge in [-0.15, -0.1) is 0 Å². The van der Waals surface area contributed by atoms with Gasteiger partial charge in [-0.1, -0.05) is 6.92 Å². The van der Waals surface area contributed by atoms with Crippen molar-refractivity contribution in [2.24, 2.45) is 0 Å². The van der Waals surface area contributed by atoms with Crippen LogP contribution in [0.25, 0.3) is 10.9 Å². The number of aromatic amines is 1. The molecule has 1 atom stereocenters. The summed E-state index contributed by atoms with van der Waals surface area (Å²) in [5, 5.41) is 4.58. The second kappa shape index (κ2) is 4.47. The molecule has 0 aliphatic rings. The van der Waals surface area contributed by atoms with E-state index in [2.05, 4.69) is 42.3 Å². The number of benzene rings is 1. The van der Waals surface area contributed by atoms with E-state index in [0.29, 0.717) is 6.04 Å². The second-order valence-corrected chi connectivity index (χ2v) is 4.07. The van der Waals surface area contributed by atoms with Gasteiger partial charge in [0.25, 0.3) is 0 Å². The third-order valence-corrected chi connectivity index (χ3v) is 2.89. The summed E-state index contributed by atoms with van der Waals surface area (Å²) in [4.78, 5) is 3.18. The van der Waals surface area contributed by atoms with Gasteiger partial charge in [0.1, 0.15) is 5.75 Å². The van der Waals surface area contributed by atoms with E-state index >= 15 is 0 Å². The molecule has 0 saturated carbocycles. The van der Waals surface area contributed by atoms with Gasteiger partial charge in [-0.2, -0.15) is 0 Å². The van der Waals surface area contributed by atoms with Crippen LogP contribution < -0.4 is 10.1 Å². The number of ether oxygens (including phenoxy) is 1. The molecule has 2 N–H and O–H groups in total. The molecule has 16 heavy (non-hydrogen) atoms. The van der Waals surface area contributed by atoms with Crippen LogP contribution in [0.2, 0.25) is 0 Å². The fraction of sp³-hybridized carbons (Fsp3) is 0.385. The molecular weight excluding hydrogens is 200 g/mol. The van der Waals surface area contributed by atoms with Gasteiger partial charge in [0.2, 0.25) is 0 Å². The fourth-order valence-electron chi connectivity index (χ4n) is 1.74. The summed E-state index contributed by atoms with van der Waals surface area (Å²) in [5.74, 6) is 0.891. The Morgan fingerprint density at radius 1 is 1.44 bits per heavy atom. The zero-order valence-electron chi connectivity index (χ0n) is 10.0. The monoisotopic (exact) mass is 218 g/mol. The lowest BCUT2D eigenvalue weighted by Crippen LogP contribution is -2.12. The van der Waals surface area contributed by atoms with Gasteiger partial charge in [0.15, 0.2) is 0 Å². The third-order valence-electron chi connectivity index (χ3n) is 2.89. The van der Waals surface area contributed by atoms with Gasteiger partial charge in [0.05, 0.1) is 7.11 Å². The molecule has 0 aliphatic carbocycles. The van der Waals surface area contributed by atoms with Crippen LogP contribution in [0.4, 0.5) is 5.69 Å². The van der Waals surface area contributed by atoms with Crippen molar-refractivity contribution in [2.45, 2.75) is 26.3 Å². The Bertz CT molecular complexity index is 476. The highest BCUT2D eigenvalue weighted by Crippen LogP contribution is 2.28. The van der Waals surface area contributed by atoms with E-state index in [-0.39, 0.29) is 0 Å². The Labute approximate surface area is 95.8 Å². The summed E-state index contributed by atoms with van der Waals surface area (Å²) in [5.41, 5.74) is 2.24. The predicted molar refractivity (Wildman–Crippen MR) is 68.2 cm³/mol. The molecule has 1 aromatic carbocycles. The molecule has 2 rings (SSSR count). The van der Waals surface area contributed by atoms with Crippen LogP contribution in [-0.2, 0) is 0 Å². The van der Waals surface area contributed by atoms with Crippen LogP contribution in [0.1, 0.15) is 20.3 Å². The van der Waals surface area contributed by atoms with Crippen molar-refractivity contribution in [2.75, 3.05) is 12.4 Å². The highest BCUT2D eigenvalue weighted by atomic mass is 16.5. The van der Waals surface area contributed by atoms with E-state index in [9.17, 15) is 0 Å². The van der Waals surface area contributed by atoms with Crippen molar-refractivity contribution in [3.05, 3.63) is 24.4 Å². The maximum absolute atomic E-state index is 5.29. The molecule has 1 unspecified atom stereocenters. The minimum absolute atomic E-state index is 0.488. The summed E-state index contributed by atoms with van der Waals surface area (Å²) in [7, 11) is 1.69. The van der Waals surface area contributed by atoms with Crippen LogP contribution in [0.5, 0.6) is 5.75 Å². The van der Waals surface area contributed by atoms with Gasteiger partial charge in [-0.25, -0.2) is 0 Å². The number of anilines is 1. The van der Waals surface area contributed by atoms with Crippen molar-refractivity contribution in [3.63, 3.8) is 0 Å². The molecule has 0 saturated heterocycles. The smallest absolute Gasteiger partial charge is 0.144 e. The topological polar surface area (TPSA) is 37.0 Å². The normalized spacial score (nSPS) is 12.7. The fourth-order valence-corrected chi connectivity index (χ4v) is 1.74. The summed E-state index contributed by atoms with van der Waals surface area (Å²) in [6.45, 7) is 4.35. The van der Waals surface area contributed by atoms with Crippen molar-refractivity contribution >= 4 is 16.6 Å². The highest BCUT2D eigenvalue weighted by Gasteiger charge is 2.05. The second-order valence-electron chi connectivity index (χ2n) is 4.07. The van der Waals surface area contributed by atoms with Gasteiger partial charge in [0, 0.05) is 28.8 Å². The number of aromatic nitrogens is 1. The van der Waals surface area contributed by atoms with Crippen LogP contribution in [0.15, 0.2) is 24.4 Å². The zero-order valence-corrected chi connectivity index (χ0v) is 10.0. The standard InChI is InChI=1S/C13H18N2O/c1-4-9(2)15-10-5-6-12-11(7-10)13(16-3)8-14-12/h5-9,14-15H,4H2,1-3H3. The molecule has 3 heteroatoms. The van der Waals surface area contributed by atoms with E-state index in [1.165, 1.54) is 0 Å². The first kappa shape index (κ1) is 10.9. The van der Waals surface area contributed by atoms with Crippen molar-refractivity contribution in [1.29, 1.82) is 0 Å². The molecule has 0 bridgehead atoms. The first-order valence-electron chi connectivity index (χ1n) is 5.66. The van der Waals surface area contributed by atoms with Crippen molar-refractivity contribution in [3.8, 4) is 5.75 Å². The molecule has 3 nitrogen and oxygen atoms in total. The minimum atomic E-state index is 0.488. The quantitative estimate of drug-likeness (QED) is 0.825. The molecule has 1 heterocycles. The number of rotatable bonds is 4. The van der Waals surface area contributed by atoms with E-state index in [1.54, 1.807) is 7.11 Å². The summed E-state index contributed by atoms with van der Waals surface area (Å²) in [6.07, 6.45) is 3.00. The van der Waals surface area contributed by atoms with E-state index < -0.39 is 0 Å². The first-order valence-corrected chi connectivity index (χ1v) is 5.66. The molecule has 0 radical (unpaired) electrons. The molecule has 1 aromatic heterocycles. The maximum atomic E-state index is 5.29. The Balaban J connectivity index is 2.34. The molecule has 0 aliphatic heterocycles. The Kier molecular flexibility index (Phi) is 3.04. The average molecular weight is 218 g/mol. The van der Waals surface area contributed by atoms with Crippen molar-refractivity contribution < 1.29 is 4.74 Å². The zero-order chi connectivity index (χ0) is 11.5. The molecule has 2 aromatic rings. The summed E-state index contributed by atoms with van der Waals surface area (Å²) < 4.78 is 5.29. The van der Waals surface area contributed by atoms with Gasteiger partial charge in [-0.05, 0) is 31.5 Å². The Hall–Kier alpha value is -1.64. The van der Waals surface area contributed by atoms with E-state index in [1.807, 2.05) is 6.20 Å². The summed E-state index contributed by atoms with van der Waals surface area (Å²) in [6, 6.07) is 6.77. The number of fused-ring (bicyclic) bond motifs is 1. The van der Waals surface area contributed by atoms with Crippen LogP contribution >= 0.6 is 0 Å². The van der Waals surface area contributed by atoms with Gasteiger partial charge >= 0.3 is 0 Å². The van der Waals surface area contributed by atoms with Crippen LogP contribution in [-0.4, -0.2) is 18.1 Å². The van der Waals surface area contributed by atoms with Crippen molar-refractivity contribution in [1.82, 2.24) is 4.98 Å². The largest absolute Gasteiger partial charge is 0.495 e. The van der Waals surface area contributed by atoms with Gasteiger partial charge < -0.3 is 15.0 Å². The number of nitrogens with one attached hydrogen (secondary N) is 2. The Morgan fingerprint density at radius 2 is 2.25 bits per heavy atom. The maximum Gasteiger partial charge on any atom is 0.144 e. The number of methoxy groups -OCH3 is 1. The van der Waals surface area contributed by atoms with Crippen LogP contribution in [0, 0.1) is 0 Å². The highest BCUT2D eigenvalue weighted by molar-refractivity contribution is 5.89.